The van der Waals surface area contributed by atoms with Crippen LogP contribution in [0.5, 0.6) is 0 Å². The number of nitro groups is 1. The van der Waals surface area contributed by atoms with E-state index in [4.69, 9.17) is 11.6 Å². The molecule has 2 aromatic carbocycles. The van der Waals surface area contributed by atoms with E-state index >= 15 is 0 Å². The van der Waals surface area contributed by atoms with Crippen LogP contribution in [0.2, 0.25) is 5.02 Å². The SMILES string of the molecule is Cc1cc(Cn2nnn(-c3ccc(Cl)cc3)c2=O)ccc1[N+](=O)[O-]. The van der Waals surface area contributed by atoms with E-state index in [0.29, 0.717) is 16.3 Å². The van der Waals surface area contributed by atoms with E-state index in [1.807, 2.05) is 0 Å². The zero-order valence-electron chi connectivity index (χ0n) is 12.6. The fourth-order valence-electron chi connectivity index (χ4n) is 2.31. The normalized spacial score (nSPS) is 10.8. The second-order valence-corrected chi connectivity index (χ2v) is 5.62. The summed E-state index contributed by atoms with van der Waals surface area (Å²) >= 11 is 5.82. The van der Waals surface area contributed by atoms with Gasteiger partial charge in [-0.1, -0.05) is 17.7 Å². The van der Waals surface area contributed by atoms with Gasteiger partial charge >= 0.3 is 5.69 Å². The number of halogens is 1. The van der Waals surface area contributed by atoms with Crippen LogP contribution in [0.3, 0.4) is 0 Å². The van der Waals surface area contributed by atoms with Crippen molar-refractivity contribution < 1.29 is 4.92 Å². The van der Waals surface area contributed by atoms with Gasteiger partial charge in [0.15, 0.2) is 0 Å². The van der Waals surface area contributed by atoms with Crippen LogP contribution < -0.4 is 5.69 Å². The molecule has 0 aliphatic rings. The van der Waals surface area contributed by atoms with Crippen LogP contribution in [0.25, 0.3) is 5.69 Å². The van der Waals surface area contributed by atoms with Crippen LogP contribution in [0.1, 0.15) is 11.1 Å². The summed E-state index contributed by atoms with van der Waals surface area (Å²) in [5.74, 6) is 0. The minimum absolute atomic E-state index is 0.0379. The Labute approximate surface area is 141 Å². The van der Waals surface area contributed by atoms with Gasteiger partial charge in [-0.3, -0.25) is 10.1 Å². The van der Waals surface area contributed by atoms with E-state index in [9.17, 15) is 14.9 Å². The number of rotatable bonds is 4. The standard InChI is InChI=1S/C15H12ClN5O3/c1-10-8-11(2-7-14(10)21(23)24)9-19-15(22)20(18-17-19)13-5-3-12(16)4-6-13/h2-8H,9H2,1H3. The van der Waals surface area contributed by atoms with Crippen molar-refractivity contribution in [1.82, 2.24) is 19.8 Å². The monoisotopic (exact) mass is 345 g/mol. The molecule has 0 unspecified atom stereocenters. The van der Waals surface area contributed by atoms with Crippen LogP contribution in [-0.2, 0) is 6.54 Å². The Morgan fingerprint density at radius 1 is 1.17 bits per heavy atom. The molecular weight excluding hydrogens is 334 g/mol. The zero-order valence-corrected chi connectivity index (χ0v) is 13.3. The van der Waals surface area contributed by atoms with E-state index in [0.717, 1.165) is 10.2 Å². The molecule has 0 aliphatic carbocycles. The quantitative estimate of drug-likeness (QED) is 0.534. The van der Waals surface area contributed by atoms with E-state index in [-0.39, 0.29) is 12.2 Å². The molecule has 1 aromatic heterocycles. The second-order valence-electron chi connectivity index (χ2n) is 5.19. The molecule has 0 amide bonds. The van der Waals surface area contributed by atoms with Crippen molar-refractivity contribution in [3.63, 3.8) is 0 Å². The van der Waals surface area contributed by atoms with Crippen molar-refractivity contribution in [2.45, 2.75) is 13.5 Å². The summed E-state index contributed by atoms with van der Waals surface area (Å²) in [6.45, 7) is 1.82. The molecule has 122 valence electrons. The molecule has 24 heavy (non-hydrogen) atoms. The largest absolute Gasteiger partial charge is 0.368 e. The molecule has 8 nitrogen and oxygen atoms in total. The van der Waals surface area contributed by atoms with Gasteiger partial charge in [0.25, 0.3) is 5.69 Å². The molecule has 3 aromatic rings. The Balaban J connectivity index is 1.89. The number of nitro benzene ring substituents is 1. The molecule has 0 saturated heterocycles. The summed E-state index contributed by atoms with van der Waals surface area (Å²) < 4.78 is 2.35. The summed E-state index contributed by atoms with van der Waals surface area (Å²) in [4.78, 5) is 22.8. The second kappa shape index (κ2) is 6.25. The number of tetrazole rings is 1. The van der Waals surface area contributed by atoms with Crippen molar-refractivity contribution in [3.8, 4) is 5.69 Å². The van der Waals surface area contributed by atoms with Crippen molar-refractivity contribution in [1.29, 1.82) is 0 Å². The average molecular weight is 346 g/mol. The highest BCUT2D eigenvalue weighted by atomic mass is 35.5. The molecule has 0 spiro atoms. The van der Waals surface area contributed by atoms with Crippen LogP contribution >= 0.6 is 11.6 Å². The molecule has 0 atom stereocenters. The summed E-state index contributed by atoms with van der Waals surface area (Å²) in [6.07, 6.45) is 0. The Hall–Kier alpha value is -3.00. The molecule has 1 heterocycles. The van der Waals surface area contributed by atoms with Crippen molar-refractivity contribution in [3.05, 3.63) is 79.2 Å². The van der Waals surface area contributed by atoms with E-state index in [1.165, 1.54) is 10.7 Å². The molecule has 0 bridgehead atoms. The number of hydrogen-bond donors (Lipinski definition) is 0. The predicted molar refractivity (Wildman–Crippen MR) is 87.6 cm³/mol. The van der Waals surface area contributed by atoms with E-state index in [1.54, 1.807) is 43.3 Å². The fraction of sp³-hybridized carbons (Fsp3) is 0.133. The van der Waals surface area contributed by atoms with Gasteiger partial charge in [0.2, 0.25) is 0 Å². The highest BCUT2D eigenvalue weighted by Crippen LogP contribution is 2.19. The molecule has 0 saturated carbocycles. The first-order valence-electron chi connectivity index (χ1n) is 6.98. The van der Waals surface area contributed by atoms with Gasteiger partial charge in [-0.15, -0.1) is 0 Å². The lowest BCUT2D eigenvalue weighted by molar-refractivity contribution is -0.385. The Morgan fingerprint density at radius 2 is 1.88 bits per heavy atom. The van der Waals surface area contributed by atoms with Crippen LogP contribution in [0.15, 0.2) is 47.3 Å². The lowest BCUT2D eigenvalue weighted by Gasteiger charge is -2.02. The highest BCUT2D eigenvalue weighted by Gasteiger charge is 2.13. The number of benzene rings is 2. The van der Waals surface area contributed by atoms with Gasteiger partial charge in [0.1, 0.15) is 0 Å². The molecule has 0 aliphatic heterocycles. The highest BCUT2D eigenvalue weighted by molar-refractivity contribution is 6.30. The maximum atomic E-state index is 12.4. The Morgan fingerprint density at radius 3 is 2.50 bits per heavy atom. The van der Waals surface area contributed by atoms with Crippen molar-refractivity contribution in [2.75, 3.05) is 0 Å². The summed E-state index contributed by atoms with van der Waals surface area (Å²) in [7, 11) is 0. The molecule has 0 fully saturated rings. The Kier molecular flexibility index (Phi) is 4.13. The predicted octanol–water partition coefficient (Wildman–Crippen LogP) is 2.35. The third-order valence-corrected chi connectivity index (χ3v) is 3.75. The first kappa shape index (κ1) is 15.9. The minimum Gasteiger partial charge on any atom is -0.258 e. The van der Waals surface area contributed by atoms with Gasteiger partial charge in [-0.2, -0.15) is 9.36 Å². The van der Waals surface area contributed by atoms with Gasteiger partial charge in [0, 0.05) is 16.7 Å². The van der Waals surface area contributed by atoms with E-state index in [2.05, 4.69) is 10.4 Å². The summed E-state index contributed by atoms with van der Waals surface area (Å²) in [6, 6.07) is 11.3. The molecule has 0 radical (unpaired) electrons. The van der Waals surface area contributed by atoms with Gasteiger partial charge in [0.05, 0.1) is 17.2 Å². The third kappa shape index (κ3) is 3.04. The lowest BCUT2D eigenvalue weighted by atomic mass is 10.1. The maximum absolute atomic E-state index is 12.4. The smallest absolute Gasteiger partial charge is 0.258 e. The first-order valence-corrected chi connectivity index (χ1v) is 7.36. The van der Waals surface area contributed by atoms with E-state index < -0.39 is 10.6 Å². The number of aryl methyl sites for hydroxylation is 1. The average Bonchev–Trinajstić information content (AvgIpc) is 2.89. The first-order chi connectivity index (χ1) is 11.5. The van der Waals surface area contributed by atoms with Gasteiger partial charge in [-0.05, 0) is 53.2 Å². The van der Waals surface area contributed by atoms with Crippen LogP contribution in [0.4, 0.5) is 5.69 Å². The lowest BCUT2D eigenvalue weighted by Crippen LogP contribution is -2.24. The number of aromatic nitrogens is 4. The number of nitrogens with zero attached hydrogens (tertiary/aromatic N) is 5. The molecule has 3 rings (SSSR count). The minimum atomic E-state index is -0.442. The van der Waals surface area contributed by atoms with Crippen LogP contribution in [0, 0.1) is 17.0 Å². The third-order valence-electron chi connectivity index (χ3n) is 3.50. The van der Waals surface area contributed by atoms with Gasteiger partial charge in [-0.25, -0.2) is 4.79 Å². The summed E-state index contributed by atoms with van der Waals surface area (Å²) in [5.41, 5.74) is 1.43. The molecule has 0 N–H and O–H groups in total. The molecule has 9 heteroatoms. The topological polar surface area (TPSA) is 95.8 Å². The molecular formula is C15H12ClN5O3. The number of hydrogen-bond acceptors (Lipinski definition) is 5. The van der Waals surface area contributed by atoms with Gasteiger partial charge < -0.3 is 0 Å². The van der Waals surface area contributed by atoms with Crippen molar-refractivity contribution in [2.24, 2.45) is 0 Å². The maximum Gasteiger partial charge on any atom is 0.368 e. The Bertz CT molecular complexity index is 962. The summed E-state index contributed by atoms with van der Waals surface area (Å²) in [5, 5.41) is 19.1. The van der Waals surface area contributed by atoms with Crippen molar-refractivity contribution >= 4 is 17.3 Å². The van der Waals surface area contributed by atoms with Crippen LogP contribution in [-0.4, -0.2) is 24.7 Å². The zero-order chi connectivity index (χ0) is 17.3. The fourth-order valence-corrected chi connectivity index (χ4v) is 2.44.